The predicted molar refractivity (Wildman–Crippen MR) is 120 cm³/mol. The number of aromatic nitrogens is 4. The second kappa shape index (κ2) is 7.67. The SMILES string of the molecule is COc1ccc(C[C@H](c2nc3ccccc3[nH]2)[C@H](C)c2nc3ccccc3[nH]2)cc1. The maximum Gasteiger partial charge on any atom is 0.118 e. The average Bonchev–Trinajstić information content (AvgIpc) is 3.41. The summed E-state index contributed by atoms with van der Waals surface area (Å²) < 4.78 is 5.32. The first-order valence-electron chi connectivity index (χ1n) is 10.2. The van der Waals surface area contributed by atoms with Crippen LogP contribution in [0.1, 0.15) is 36.0 Å². The minimum atomic E-state index is 0.145. The molecule has 0 bridgehead atoms. The smallest absolute Gasteiger partial charge is 0.118 e. The molecule has 0 aliphatic carbocycles. The molecule has 0 spiro atoms. The summed E-state index contributed by atoms with van der Waals surface area (Å²) in [5.74, 6) is 3.13. The molecule has 5 heteroatoms. The van der Waals surface area contributed by atoms with E-state index in [1.54, 1.807) is 7.11 Å². The van der Waals surface area contributed by atoms with E-state index in [1.807, 2.05) is 48.5 Å². The van der Waals surface area contributed by atoms with Crippen molar-refractivity contribution in [3.05, 3.63) is 90.0 Å². The molecule has 0 fully saturated rings. The molecule has 0 radical (unpaired) electrons. The largest absolute Gasteiger partial charge is 0.497 e. The number of nitrogens with zero attached hydrogens (tertiary/aromatic N) is 2. The molecule has 2 N–H and O–H groups in total. The van der Waals surface area contributed by atoms with Crippen molar-refractivity contribution in [1.29, 1.82) is 0 Å². The van der Waals surface area contributed by atoms with Crippen molar-refractivity contribution in [3.8, 4) is 5.75 Å². The van der Waals surface area contributed by atoms with Gasteiger partial charge in [0.2, 0.25) is 0 Å². The van der Waals surface area contributed by atoms with Crippen LogP contribution in [0, 0.1) is 0 Å². The monoisotopic (exact) mass is 396 g/mol. The Hall–Kier alpha value is -3.60. The van der Waals surface area contributed by atoms with Gasteiger partial charge in [-0.15, -0.1) is 0 Å². The molecule has 0 saturated carbocycles. The lowest BCUT2D eigenvalue weighted by atomic mass is 9.86. The molecule has 0 unspecified atom stereocenters. The fourth-order valence-electron chi connectivity index (χ4n) is 4.05. The Labute approximate surface area is 175 Å². The number of para-hydroxylation sites is 4. The molecule has 150 valence electrons. The first-order valence-corrected chi connectivity index (χ1v) is 10.2. The lowest BCUT2D eigenvalue weighted by Crippen LogP contribution is -2.14. The van der Waals surface area contributed by atoms with Crippen LogP contribution >= 0.6 is 0 Å². The van der Waals surface area contributed by atoms with E-state index in [0.717, 1.165) is 45.9 Å². The van der Waals surface area contributed by atoms with Crippen LogP contribution in [0.25, 0.3) is 22.1 Å². The topological polar surface area (TPSA) is 66.6 Å². The van der Waals surface area contributed by atoms with Gasteiger partial charge >= 0.3 is 0 Å². The Kier molecular flexibility index (Phi) is 4.71. The van der Waals surface area contributed by atoms with Gasteiger partial charge in [0.05, 0.1) is 29.2 Å². The number of H-pyrrole nitrogens is 2. The summed E-state index contributed by atoms with van der Waals surface area (Å²) in [5, 5.41) is 0. The molecule has 0 aliphatic rings. The Morgan fingerprint density at radius 3 is 1.93 bits per heavy atom. The zero-order valence-corrected chi connectivity index (χ0v) is 17.1. The number of ether oxygens (including phenoxy) is 1. The third kappa shape index (κ3) is 3.43. The van der Waals surface area contributed by atoms with Crippen LogP contribution in [-0.4, -0.2) is 27.0 Å². The van der Waals surface area contributed by atoms with Crippen molar-refractivity contribution in [2.24, 2.45) is 0 Å². The van der Waals surface area contributed by atoms with Crippen LogP contribution in [0.15, 0.2) is 72.8 Å². The summed E-state index contributed by atoms with van der Waals surface area (Å²) in [7, 11) is 1.69. The van der Waals surface area contributed by atoms with E-state index in [2.05, 4.69) is 41.2 Å². The van der Waals surface area contributed by atoms with E-state index in [4.69, 9.17) is 14.7 Å². The normalized spacial score (nSPS) is 13.5. The highest BCUT2D eigenvalue weighted by molar-refractivity contribution is 5.75. The Balaban J connectivity index is 1.55. The van der Waals surface area contributed by atoms with E-state index in [1.165, 1.54) is 5.56 Å². The maximum atomic E-state index is 5.32. The molecule has 5 nitrogen and oxygen atoms in total. The summed E-state index contributed by atoms with van der Waals surface area (Å²) in [4.78, 5) is 16.8. The highest BCUT2D eigenvalue weighted by atomic mass is 16.5. The van der Waals surface area contributed by atoms with Gasteiger partial charge in [-0.05, 0) is 48.4 Å². The number of aromatic amines is 2. The van der Waals surface area contributed by atoms with Crippen molar-refractivity contribution in [2.45, 2.75) is 25.2 Å². The third-order valence-electron chi connectivity index (χ3n) is 5.82. The van der Waals surface area contributed by atoms with Crippen molar-refractivity contribution in [2.75, 3.05) is 7.11 Å². The summed E-state index contributed by atoms with van der Waals surface area (Å²) in [6, 6.07) is 24.6. The molecule has 30 heavy (non-hydrogen) atoms. The lowest BCUT2D eigenvalue weighted by Gasteiger charge is -2.21. The van der Waals surface area contributed by atoms with Gasteiger partial charge in [-0.2, -0.15) is 0 Å². The van der Waals surface area contributed by atoms with Crippen LogP contribution < -0.4 is 4.74 Å². The molecular formula is C25H24N4O. The number of nitrogens with one attached hydrogen (secondary N) is 2. The fourth-order valence-corrected chi connectivity index (χ4v) is 4.05. The Bertz CT molecular complexity index is 1220. The second-order valence-corrected chi connectivity index (χ2v) is 7.73. The Morgan fingerprint density at radius 1 is 0.767 bits per heavy atom. The molecule has 0 aliphatic heterocycles. The first-order chi connectivity index (χ1) is 14.7. The molecule has 3 aromatic carbocycles. The van der Waals surface area contributed by atoms with Crippen LogP contribution in [0.2, 0.25) is 0 Å². The number of fused-ring (bicyclic) bond motifs is 2. The maximum absolute atomic E-state index is 5.32. The van der Waals surface area contributed by atoms with Gasteiger partial charge in [-0.1, -0.05) is 43.3 Å². The number of imidazole rings is 2. The van der Waals surface area contributed by atoms with Gasteiger partial charge in [0.15, 0.2) is 0 Å². The van der Waals surface area contributed by atoms with E-state index < -0.39 is 0 Å². The summed E-state index contributed by atoms with van der Waals surface area (Å²) in [5.41, 5.74) is 5.34. The van der Waals surface area contributed by atoms with Gasteiger partial charge in [0, 0.05) is 11.8 Å². The number of benzene rings is 3. The van der Waals surface area contributed by atoms with Gasteiger partial charge < -0.3 is 14.7 Å². The zero-order chi connectivity index (χ0) is 20.5. The van der Waals surface area contributed by atoms with Crippen LogP contribution in [0.5, 0.6) is 5.75 Å². The highest BCUT2D eigenvalue weighted by Crippen LogP contribution is 2.35. The summed E-state index contributed by atoms with van der Waals surface area (Å²) >= 11 is 0. The van der Waals surface area contributed by atoms with Gasteiger partial charge in [0.25, 0.3) is 0 Å². The molecule has 2 heterocycles. The van der Waals surface area contributed by atoms with E-state index in [0.29, 0.717) is 0 Å². The molecule has 2 aromatic heterocycles. The van der Waals surface area contributed by atoms with Crippen molar-refractivity contribution in [3.63, 3.8) is 0 Å². The lowest BCUT2D eigenvalue weighted by molar-refractivity contribution is 0.414. The number of methoxy groups -OCH3 is 1. The van der Waals surface area contributed by atoms with Crippen LogP contribution in [0.4, 0.5) is 0 Å². The first kappa shape index (κ1) is 18.4. The minimum absolute atomic E-state index is 0.145. The molecule has 0 saturated heterocycles. The number of rotatable bonds is 6. The van der Waals surface area contributed by atoms with E-state index in [9.17, 15) is 0 Å². The second-order valence-electron chi connectivity index (χ2n) is 7.73. The summed E-state index contributed by atoms with van der Waals surface area (Å²) in [6.45, 7) is 2.22. The van der Waals surface area contributed by atoms with Gasteiger partial charge in [-0.25, -0.2) is 9.97 Å². The van der Waals surface area contributed by atoms with Crippen LogP contribution in [-0.2, 0) is 6.42 Å². The number of hydrogen-bond donors (Lipinski definition) is 2. The third-order valence-corrected chi connectivity index (χ3v) is 5.82. The predicted octanol–water partition coefficient (Wildman–Crippen LogP) is 5.58. The quantitative estimate of drug-likeness (QED) is 0.394. The Morgan fingerprint density at radius 2 is 1.33 bits per heavy atom. The molecule has 2 atom stereocenters. The standard InChI is InChI=1S/C25H24N4O/c1-16(24-26-20-7-3-4-8-21(20)27-24)19(15-17-11-13-18(30-2)14-12-17)25-28-22-9-5-6-10-23(22)29-25/h3-14,16,19H,15H2,1-2H3,(H,26,27)(H,28,29)/t16-,19-/m0/s1. The molecular weight excluding hydrogens is 372 g/mol. The zero-order valence-electron chi connectivity index (χ0n) is 17.1. The van der Waals surface area contributed by atoms with Crippen LogP contribution in [0.3, 0.4) is 0 Å². The molecule has 5 aromatic rings. The highest BCUT2D eigenvalue weighted by Gasteiger charge is 2.27. The van der Waals surface area contributed by atoms with Crippen molar-refractivity contribution in [1.82, 2.24) is 19.9 Å². The molecule has 5 rings (SSSR count). The fraction of sp³-hybridized carbons (Fsp3) is 0.200. The van der Waals surface area contributed by atoms with Gasteiger partial charge in [-0.3, -0.25) is 0 Å². The van der Waals surface area contributed by atoms with E-state index in [-0.39, 0.29) is 11.8 Å². The van der Waals surface area contributed by atoms with Crippen molar-refractivity contribution < 1.29 is 4.74 Å². The molecule has 0 amide bonds. The van der Waals surface area contributed by atoms with Crippen molar-refractivity contribution >= 4 is 22.1 Å². The summed E-state index contributed by atoms with van der Waals surface area (Å²) in [6.07, 6.45) is 0.849. The minimum Gasteiger partial charge on any atom is -0.497 e. The average molecular weight is 396 g/mol. The van der Waals surface area contributed by atoms with Gasteiger partial charge in [0.1, 0.15) is 17.4 Å². The van der Waals surface area contributed by atoms with E-state index >= 15 is 0 Å². The number of hydrogen-bond acceptors (Lipinski definition) is 3.